The lowest BCUT2D eigenvalue weighted by Gasteiger charge is -2.05. The molecule has 0 bridgehead atoms. The lowest BCUT2D eigenvalue weighted by molar-refractivity contribution is 0.719. The Morgan fingerprint density at radius 1 is 1.14 bits per heavy atom. The van der Waals surface area contributed by atoms with Crippen LogP contribution in [0.3, 0.4) is 0 Å². The smallest absolute Gasteiger partial charge is 0.220 e. The van der Waals surface area contributed by atoms with E-state index < -0.39 is 0 Å². The van der Waals surface area contributed by atoms with Crippen LogP contribution in [-0.2, 0) is 6.42 Å². The van der Waals surface area contributed by atoms with E-state index in [1.54, 1.807) is 6.20 Å². The molecule has 0 saturated carbocycles. The van der Waals surface area contributed by atoms with E-state index in [-0.39, 0.29) is 0 Å². The lowest BCUT2D eigenvalue weighted by atomic mass is 10.0. The molecule has 5 heteroatoms. The van der Waals surface area contributed by atoms with Crippen LogP contribution in [0.15, 0.2) is 30.7 Å². The number of hydrogen-bond donors (Lipinski definition) is 2. The van der Waals surface area contributed by atoms with E-state index in [1.807, 2.05) is 18.5 Å². The number of hydrogen-bond acceptors (Lipinski definition) is 4. The first-order valence-electron chi connectivity index (χ1n) is 7.33. The molecule has 0 fully saturated rings. The Labute approximate surface area is 123 Å². The van der Waals surface area contributed by atoms with E-state index in [9.17, 15) is 0 Å². The number of nitrogen functional groups attached to an aromatic ring is 1. The minimum atomic E-state index is 0.290. The van der Waals surface area contributed by atoms with Gasteiger partial charge in [-0.15, -0.1) is 0 Å². The number of pyridine rings is 1. The number of H-pyrrole nitrogens is 1. The molecule has 0 radical (unpaired) electrons. The molecule has 0 aliphatic carbocycles. The van der Waals surface area contributed by atoms with Gasteiger partial charge in [0.2, 0.25) is 5.95 Å². The van der Waals surface area contributed by atoms with Gasteiger partial charge in [-0.3, -0.25) is 0 Å². The highest BCUT2D eigenvalue weighted by atomic mass is 15.0. The first kappa shape index (κ1) is 13.5. The van der Waals surface area contributed by atoms with Crippen molar-refractivity contribution >= 4 is 17.0 Å². The quantitative estimate of drug-likeness (QED) is 0.703. The molecule has 3 aromatic heterocycles. The van der Waals surface area contributed by atoms with Crippen molar-refractivity contribution in [1.82, 2.24) is 19.9 Å². The number of unbranched alkanes of at least 4 members (excludes halogenated alkanes) is 2. The van der Waals surface area contributed by atoms with E-state index in [4.69, 9.17) is 5.73 Å². The maximum atomic E-state index is 5.70. The molecule has 0 unspecified atom stereocenters. The van der Waals surface area contributed by atoms with Crippen LogP contribution in [0, 0.1) is 0 Å². The molecular formula is C16H19N5. The molecular weight excluding hydrogens is 262 g/mol. The van der Waals surface area contributed by atoms with Gasteiger partial charge in [0.25, 0.3) is 0 Å². The first-order chi connectivity index (χ1) is 10.3. The molecule has 108 valence electrons. The van der Waals surface area contributed by atoms with Crippen LogP contribution in [0.1, 0.15) is 31.7 Å². The van der Waals surface area contributed by atoms with Crippen molar-refractivity contribution < 1.29 is 0 Å². The van der Waals surface area contributed by atoms with Crippen molar-refractivity contribution in [1.29, 1.82) is 0 Å². The Hall–Kier alpha value is -2.43. The predicted molar refractivity (Wildman–Crippen MR) is 84.8 cm³/mol. The first-order valence-corrected chi connectivity index (χ1v) is 7.33. The van der Waals surface area contributed by atoms with Crippen molar-refractivity contribution in [3.8, 4) is 11.3 Å². The maximum Gasteiger partial charge on any atom is 0.220 e. The SMILES string of the molecule is CCCCCc1ccnc2[nH]cc(-c3ccnc(N)n3)c12. The van der Waals surface area contributed by atoms with Crippen LogP contribution < -0.4 is 5.73 Å². The molecule has 0 aromatic carbocycles. The van der Waals surface area contributed by atoms with Gasteiger partial charge in [-0.25, -0.2) is 15.0 Å². The number of nitrogens with zero attached hydrogens (tertiary/aromatic N) is 3. The normalized spacial score (nSPS) is 11.1. The second-order valence-corrected chi connectivity index (χ2v) is 5.15. The van der Waals surface area contributed by atoms with E-state index in [2.05, 4.69) is 32.9 Å². The minimum Gasteiger partial charge on any atom is -0.368 e. The van der Waals surface area contributed by atoms with E-state index in [0.717, 1.165) is 28.7 Å². The zero-order valence-corrected chi connectivity index (χ0v) is 12.1. The Bertz CT molecular complexity index is 747. The van der Waals surface area contributed by atoms with Crippen LogP contribution in [0.25, 0.3) is 22.3 Å². The van der Waals surface area contributed by atoms with Crippen LogP contribution in [-0.4, -0.2) is 19.9 Å². The molecule has 3 N–H and O–H groups in total. The van der Waals surface area contributed by atoms with Crippen LogP contribution in [0.4, 0.5) is 5.95 Å². The third-order valence-electron chi connectivity index (χ3n) is 3.66. The van der Waals surface area contributed by atoms with E-state index in [1.165, 1.54) is 24.8 Å². The lowest BCUT2D eigenvalue weighted by Crippen LogP contribution is -1.95. The summed E-state index contributed by atoms with van der Waals surface area (Å²) in [5.41, 5.74) is 9.78. The predicted octanol–water partition coefficient (Wildman–Crippen LogP) is 3.33. The van der Waals surface area contributed by atoms with Crippen molar-refractivity contribution in [2.75, 3.05) is 5.73 Å². The van der Waals surface area contributed by atoms with E-state index in [0.29, 0.717) is 5.95 Å². The maximum absolute atomic E-state index is 5.70. The number of nitrogens with one attached hydrogen (secondary N) is 1. The summed E-state index contributed by atoms with van der Waals surface area (Å²) in [5, 5.41) is 1.15. The second kappa shape index (κ2) is 5.91. The van der Waals surface area contributed by atoms with Gasteiger partial charge in [-0.1, -0.05) is 19.8 Å². The number of aromatic nitrogens is 4. The second-order valence-electron chi connectivity index (χ2n) is 5.15. The summed E-state index contributed by atoms with van der Waals surface area (Å²) in [4.78, 5) is 15.9. The number of nitrogens with two attached hydrogens (primary N) is 1. The van der Waals surface area contributed by atoms with Crippen molar-refractivity contribution in [2.45, 2.75) is 32.6 Å². The number of aromatic amines is 1. The summed E-state index contributed by atoms with van der Waals surface area (Å²) in [6, 6.07) is 3.97. The van der Waals surface area contributed by atoms with Crippen molar-refractivity contribution in [2.24, 2.45) is 0 Å². The fraction of sp³-hybridized carbons (Fsp3) is 0.312. The topological polar surface area (TPSA) is 80.5 Å². The van der Waals surface area contributed by atoms with Gasteiger partial charge in [0.1, 0.15) is 5.65 Å². The third-order valence-corrected chi connectivity index (χ3v) is 3.66. The van der Waals surface area contributed by atoms with Crippen LogP contribution in [0.5, 0.6) is 0 Å². The van der Waals surface area contributed by atoms with Crippen LogP contribution in [0.2, 0.25) is 0 Å². The summed E-state index contributed by atoms with van der Waals surface area (Å²) >= 11 is 0. The Kier molecular flexibility index (Phi) is 3.81. The monoisotopic (exact) mass is 281 g/mol. The van der Waals surface area contributed by atoms with Crippen molar-refractivity contribution in [3.05, 3.63) is 36.3 Å². The Morgan fingerprint density at radius 3 is 2.81 bits per heavy atom. The molecule has 5 nitrogen and oxygen atoms in total. The molecule has 0 atom stereocenters. The largest absolute Gasteiger partial charge is 0.368 e. The number of rotatable bonds is 5. The molecule has 3 heterocycles. The standard InChI is InChI=1S/C16H19N5/c1-2-3-4-5-11-6-8-18-15-14(11)12(10-20-15)13-7-9-19-16(17)21-13/h6-10H,2-5H2,1H3,(H,18,20)(H2,17,19,21). The fourth-order valence-corrected chi connectivity index (χ4v) is 2.62. The fourth-order valence-electron chi connectivity index (χ4n) is 2.62. The number of aryl methyl sites for hydroxylation is 1. The molecule has 0 aliphatic heterocycles. The molecule has 21 heavy (non-hydrogen) atoms. The van der Waals surface area contributed by atoms with Gasteiger partial charge < -0.3 is 10.7 Å². The number of fused-ring (bicyclic) bond motifs is 1. The molecule has 3 aromatic rings. The zero-order valence-electron chi connectivity index (χ0n) is 12.1. The summed E-state index contributed by atoms with van der Waals surface area (Å²) in [5.74, 6) is 0.290. The van der Waals surface area contributed by atoms with Gasteiger partial charge in [-0.2, -0.15) is 0 Å². The Morgan fingerprint density at radius 2 is 2.00 bits per heavy atom. The van der Waals surface area contributed by atoms with Crippen LogP contribution >= 0.6 is 0 Å². The van der Waals surface area contributed by atoms with Gasteiger partial charge in [0.15, 0.2) is 0 Å². The average molecular weight is 281 g/mol. The Balaban J connectivity index is 2.07. The highest BCUT2D eigenvalue weighted by Gasteiger charge is 2.12. The van der Waals surface area contributed by atoms with Crippen molar-refractivity contribution in [3.63, 3.8) is 0 Å². The highest BCUT2D eigenvalue weighted by Crippen LogP contribution is 2.30. The van der Waals surface area contributed by atoms with E-state index >= 15 is 0 Å². The molecule has 3 rings (SSSR count). The van der Waals surface area contributed by atoms with Gasteiger partial charge >= 0.3 is 0 Å². The summed E-state index contributed by atoms with van der Waals surface area (Å²) in [6.07, 6.45) is 10.2. The summed E-state index contributed by atoms with van der Waals surface area (Å²) in [7, 11) is 0. The molecule has 0 aliphatic rings. The van der Waals surface area contributed by atoms with Gasteiger partial charge in [-0.05, 0) is 30.5 Å². The zero-order chi connectivity index (χ0) is 14.7. The number of anilines is 1. The minimum absolute atomic E-state index is 0.290. The van der Waals surface area contributed by atoms with Gasteiger partial charge in [0.05, 0.1) is 5.69 Å². The summed E-state index contributed by atoms with van der Waals surface area (Å²) in [6.45, 7) is 2.22. The third kappa shape index (κ3) is 2.72. The molecule has 0 amide bonds. The highest BCUT2D eigenvalue weighted by molar-refractivity contribution is 5.95. The summed E-state index contributed by atoms with van der Waals surface area (Å²) < 4.78 is 0. The molecule has 0 spiro atoms. The average Bonchev–Trinajstić information content (AvgIpc) is 2.92. The van der Waals surface area contributed by atoms with Gasteiger partial charge in [0, 0.05) is 29.5 Å². The molecule has 0 saturated heterocycles.